The first kappa shape index (κ1) is 8.73. The van der Waals surface area contributed by atoms with Gasteiger partial charge in [-0.15, -0.1) is 0 Å². The number of aryl methyl sites for hydroxylation is 1. The molecule has 1 aromatic heterocycles. The van der Waals surface area contributed by atoms with Crippen LogP contribution in [-0.4, -0.2) is 21.0 Å². The Hall–Kier alpha value is -1.36. The van der Waals surface area contributed by atoms with E-state index in [0.29, 0.717) is 5.69 Å². The number of carboxylic acid groups (broad SMARTS) is 1. The van der Waals surface area contributed by atoms with Crippen LogP contribution in [0.2, 0.25) is 5.15 Å². The summed E-state index contributed by atoms with van der Waals surface area (Å²) in [6.45, 7) is 1.53. The third kappa shape index (κ3) is 1.45. The van der Waals surface area contributed by atoms with Crippen LogP contribution < -0.4 is 5.56 Å². The van der Waals surface area contributed by atoms with E-state index < -0.39 is 17.2 Å². The minimum absolute atomic E-state index is 0.00741. The van der Waals surface area contributed by atoms with Crippen LogP contribution in [0.3, 0.4) is 0 Å². The predicted octanol–water partition coefficient (Wildman–Crippen LogP) is 0.430. The van der Waals surface area contributed by atoms with Crippen molar-refractivity contribution in [2.24, 2.45) is 0 Å². The summed E-state index contributed by atoms with van der Waals surface area (Å²) in [5.74, 6) is -1.39. The molecule has 0 saturated heterocycles. The maximum Gasteiger partial charge on any atom is 0.360 e. The number of aromatic carboxylic acids is 1. The van der Waals surface area contributed by atoms with Crippen molar-refractivity contribution in [2.45, 2.75) is 6.92 Å². The van der Waals surface area contributed by atoms with E-state index in [-0.39, 0.29) is 5.15 Å². The number of aromatic nitrogens is 2. The number of hydrogen-bond donors (Lipinski definition) is 2. The summed E-state index contributed by atoms with van der Waals surface area (Å²) >= 11 is 5.49. The summed E-state index contributed by atoms with van der Waals surface area (Å²) in [7, 11) is 0. The second-order valence-corrected chi connectivity index (χ2v) is 2.49. The Morgan fingerprint density at radius 1 is 1.67 bits per heavy atom. The van der Waals surface area contributed by atoms with Crippen molar-refractivity contribution >= 4 is 17.6 Å². The molecule has 0 aliphatic heterocycles. The van der Waals surface area contributed by atoms with Gasteiger partial charge in [-0.2, -0.15) is 0 Å². The monoisotopic (exact) mass is 188 g/mol. The second-order valence-electron chi connectivity index (χ2n) is 2.14. The van der Waals surface area contributed by atoms with Crippen LogP contribution in [-0.2, 0) is 0 Å². The zero-order chi connectivity index (χ0) is 9.30. The van der Waals surface area contributed by atoms with Gasteiger partial charge in [0, 0.05) is 0 Å². The molecule has 0 radical (unpaired) electrons. The average molecular weight is 189 g/mol. The van der Waals surface area contributed by atoms with Gasteiger partial charge in [0.15, 0.2) is 0 Å². The first-order chi connectivity index (χ1) is 5.52. The number of nitrogens with one attached hydrogen (secondary N) is 1. The van der Waals surface area contributed by atoms with Gasteiger partial charge >= 0.3 is 5.97 Å². The first-order valence-electron chi connectivity index (χ1n) is 3.02. The van der Waals surface area contributed by atoms with Gasteiger partial charge in [-0.25, -0.2) is 9.78 Å². The number of nitrogens with zero attached hydrogens (tertiary/aromatic N) is 1. The van der Waals surface area contributed by atoms with Crippen molar-refractivity contribution in [1.29, 1.82) is 0 Å². The summed E-state index contributed by atoms with van der Waals surface area (Å²) in [5, 5.41) is 8.43. The van der Waals surface area contributed by atoms with Gasteiger partial charge in [0.1, 0.15) is 5.15 Å². The molecule has 0 unspecified atom stereocenters. The number of carbonyl (C=O) groups is 1. The van der Waals surface area contributed by atoms with Crippen LogP contribution in [0.4, 0.5) is 0 Å². The molecule has 0 aliphatic rings. The molecule has 5 nitrogen and oxygen atoms in total. The van der Waals surface area contributed by atoms with Crippen LogP contribution in [0.25, 0.3) is 0 Å². The summed E-state index contributed by atoms with van der Waals surface area (Å²) in [5.41, 5.74) is -0.985. The van der Waals surface area contributed by atoms with Crippen molar-refractivity contribution in [3.63, 3.8) is 0 Å². The molecule has 0 fully saturated rings. The highest BCUT2D eigenvalue weighted by atomic mass is 35.5. The lowest BCUT2D eigenvalue weighted by Gasteiger charge is -1.96. The number of carboxylic acids is 1. The van der Waals surface area contributed by atoms with Crippen LogP contribution in [0, 0.1) is 6.92 Å². The minimum atomic E-state index is -1.39. The van der Waals surface area contributed by atoms with Crippen molar-refractivity contribution in [1.82, 2.24) is 9.97 Å². The van der Waals surface area contributed by atoms with Crippen LogP contribution in [0.15, 0.2) is 4.79 Å². The Labute approximate surface area is 72.0 Å². The summed E-state index contributed by atoms with van der Waals surface area (Å²) in [6, 6.07) is 0. The molecule has 1 heterocycles. The van der Waals surface area contributed by atoms with E-state index in [1.807, 2.05) is 0 Å². The van der Waals surface area contributed by atoms with E-state index in [2.05, 4.69) is 9.97 Å². The fourth-order valence-electron chi connectivity index (χ4n) is 0.659. The Morgan fingerprint density at radius 3 is 2.75 bits per heavy atom. The lowest BCUT2D eigenvalue weighted by atomic mass is 10.4. The molecule has 0 amide bonds. The van der Waals surface area contributed by atoms with Gasteiger partial charge in [0.2, 0.25) is 5.69 Å². The molecule has 0 aliphatic carbocycles. The molecular weight excluding hydrogens is 184 g/mol. The molecule has 0 bridgehead atoms. The Balaban J connectivity index is 3.43. The Morgan fingerprint density at radius 2 is 2.25 bits per heavy atom. The third-order valence-electron chi connectivity index (χ3n) is 1.24. The zero-order valence-corrected chi connectivity index (χ0v) is 6.84. The van der Waals surface area contributed by atoms with Gasteiger partial charge in [0.25, 0.3) is 5.56 Å². The van der Waals surface area contributed by atoms with Crippen molar-refractivity contribution in [3.05, 3.63) is 26.9 Å². The zero-order valence-electron chi connectivity index (χ0n) is 6.09. The molecule has 1 aromatic rings. The van der Waals surface area contributed by atoms with Crippen molar-refractivity contribution < 1.29 is 9.90 Å². The van der Waals surface area contributed by atoms with Gasteiger partial charge in [-0.1, -0.05) is 11.6 Å². The summed E-state index contributed by atoms with van der Waals surface area (Å²) < 4.78 is 0. The molecule has 64 valence electrons. The molecular formula is C6H5ClN2O3. The lowest BCUT2D eigenvalue weighted by Crippen LogP contribution is -2.20. The molecule has 0 spiro atoms. The summed E-state index contributed by atoms with van der Waals surface area (Å²) in [4.78, 5) is 26.9. The average Bonchev–Trinajstić information content (AvgIpc) is 1.96. The standard InChI is InChI=1S/C6H5ClN2O3/c1-2-4(7)9-3(6(11)12)5(10)8-2/h1H3,(H,8,10)(H,11,12). The first-order valence-corrected chi connectivity index (χ1v) is 3.40. The number of aromatic amines is 1. The Kier molecular flexibility index (Phi) is 2.14. The number of halogens is 1. The van der Waals surface area contributed by atoms with E-state index in [1.165, 1.54) is 6.92 Å². The van der Waals surface area contributed by atoms with E-state index in [4.69, 9.17) is 16.7 Å². The summed E-state index contributed by atoms with van der Waals surface area (Å²) in [6.07, 6.45) is 0. The predicted molar refractivity (Wildman–Crippen MR) is 41.6 cm³/mol. The van der Waals surface area contributed by atoms with Crippen LogP contribution in [0.1, 0.15) is 16.2 Å². The SMILES string of the molecule is Cc1[nH]c(=O)c(C(=O)O)nc1Cl. The fraction of sp³-hybridized carbons (Fsp3) is 0.167. The van der Waals surface area contributed by atoms with E-state index in [9.17, 15) is 9.59 Å². The third-order valence-corrected chi connectivity index (χ3v) is 1.61. The molecule has 0 aromatic carbocycles. The molecule has 12 heavy (non-hydrogen) atoms. The normalized spacial score (nSPS) is 9.83. The molecule has 0 atom stereocenters. The fourth-order valence-corrected chi connectivity index (χ4v) is 0.791. The van der Waals surface area contributed by atoms with Crippen molar-refractivity contribution in [3.8, 4) is 0 Å². The topological polar surface area (TPSA) is 83.0 Å². The van der Waals surface area contributed by atoms with Gasteiger partial charge in [0.05, 0.1) is 5.69 Å². The van der Waals surface area contributed by atoms with E-state index >= 15 is 0 Å². The van der Waals surface area contributed by atoms with E-state index in [0.717, 1.165) is 0 Å². The highest BCUT2D eigenvalue weighted by molar-refractivity contribution is 6.30. The maximum atomic E-state index is 10.9. The van der Waals surface area contributed by atoms with Crippen LogP contribution >= 0.6 is 11.6 Å². The van der Waals surface area contributed by atoms with Gasteiger partial charge < -0.3 is 10.1 Å². The quantitative estimate of drug-likeness (QED) is 0.670. The molecule has 0 saturated carbocycles. The number of rotatable bonds is 1. The van der Waals surface area contributed by atoms with Crippen LogP contribution in [0.5, 0.6) is 0 Å². The lowest BCUT2D eigenvalue weighted by molar-refractivity contribution is 0.0688. The van der Waals surface area contributed by atoms with Gasteiger partial charge in [-0.05, 0) is 6.92 Å². The van der Waals surface area contributed by atoms with E-state index in [1.54, 1.807) is 0 Å². The molecule has 1 rings (SSSR count). The molecule has 6 heteroatoms. The van der Waals surface area contributed by atoms with Gasteiger partial charge in [-0.3, -0.25) is 4.79 Å². The highest BCUT2D eigenvalue weighted by Crippen LogP contribution is 2.05. The minimum Gasteiger partial charge on any atom is -0.476 e. The second kappa shape index (κ2) is 2.94. The smallest absolute Gasteiger partial charge is 0.360 e. The Bertz CT molecular complexity index is 385. The number of hydrogen-bond acceptors (Lipinski definition) is 3. The van der Waals surface area contributed by atoms with Crippen molar-refractivity contribution in [2.75, 3.05) is 0 Å². The highest BCUT2D eigenvalue weighted by Gasteiger charge is 2.12. The maximum absolute atomic E-state index is 10.9. The number of H-pyrrole nitrogens is 1. The molecule has 2 N–H and O–H groups in total. The largest absolute Gasteiger partial charge is 0.476 e.